The van der Waals surface area contributed by atoms with Crippen molar-refractivity contribution in [1.29, 1.82) is 5.26 Å². The van der Waals surface area contributed by atoms with Crippen molar-refractivity contribution < 1.29 is 4.79 Å². The fraction of sp³-hybridized carbons (Fsp3) is 0.200. The Morgan fingerprint density at radius 2 is 1.93 bits per heavy atom. The van der Waals surface area contributed by atoms with Crippen LogP contribution in [0.25, 0.3) is 21.8 Å². The molecule has 0 bridgehead atoms. The van der Waals surface area contributed by atoms with Crippen LogP contribution in [0.5, 0.6) is 0 Å². The molecule has 1 radical (unpaired) electrons. The molecule has 0 unspecified atom stereocenters. The maximum absolute atomic E-state index is 12.1. The number of rotatable bonds is 6. The molecule has 2 N–H and O–H groups in total. The summed E-state index contributed by atoms with van der Waals surface area (Å²) in [4.78, 5) is 12.1. The molecule has 4 nitrogen and oxygen atoms in total. The first-order chi connectivity index (χ1) is 14.1. The Bertz CT molecular complexity index is 1240. The lowest BCUT2D eigenvalue weighted by Gasteiger charge is -2.09. The lowest BCUT2D eigenvalue weighted by Crippen LogP contribution is -2.11. The molecule has 4 rings (SSSR count). The summed E-state index contributed by atoms with van der Waals surface area (Å²) in [5, 5.41) is 10.8. The van der Waals surface area contributed by atoms with Crippen LogP contribution in [-0.4, -0.2) is 10.5 Å². The molecule has 3 aromatic carbocycles. The number of amides is 1. The molecule has 29 heavy (non-hydrogen) atoms. The normalized spacial score (nSPS) is 11.0. The summed E-state index contributed by atoms with van der Waals surface area (Å²) in [6, 6.07) is 23.1. The summed E-state index contributed by atoms with van der Waals surface area (Å²) in [7, 11) is 0. The molecule has 143 valence electrons. The van der Waals surface area contributed by atoms with E-state index in [2.05, 4.69) is 29.7 Å². The molecule has 0 fully saturated rings. The lowest BCUT2D eigenvalue weighted by atomic mass is 10.0. The van der Waals surface area contributed by atoms with Gasteiger partial charge in [0.05, 0.1) is 22.7 Å². The van der Waals surface area contributed by atoms with Gasteiger partial charge in [0.15, 0.2) is 0 Å². The van der Waals surface area contributed by atoms with Crippen LogP contribution < -0.4 is 5.73 Å². The number of fused-ring (bicyclic) bond motifs is 3. The Hall–Kier alpha value is -3.58. The van der Waals surface area contributed by atoms with Gasteiger partial charge in [-0.3, -0.25) is 4.79 Å². The van der Waals surface area contributed by atoms with Crippen molar-refractivity contribution in [3.05, 3.63) is 82.9 Å². The van der Waals surface area contributed by atoms with E-state index in [1.807, 2.05) is 42.5 Å². The average molecular weight is 380 g/mol. The standard InChI is InChI=1S/C25H22N3O/c1-2-3-5-17-12-13-20-23(14-17)28(16-19-10-8-18(15-26)9-11-19)22-7-4-6-21(24(20)22)25(27)29/h4,6-12,14H,2-3,5,16H2,1H3,(H2,27,29). The van der Waals surface area contributed by atoms with E-state index in [9.17, 15) is 4.79 Å². The molecule has 1 aromatic heterocycles. The van der Waals surface area contributed by atoms with Crippen LogP contribution in [0.1, 0.15) is 46.8 Å². The Balaban J connectivity index is 1.94. The van der Waals surface area contributed by atoms with Crippen molar-refractivity contribution in [3.63, 3.8) is 0 Å². The van der Waals surface area contributed by atoms with E-state index in [1.165, 1.54) is 5.56 Å². The zero-order chi connectivity index (χ0) is 20.4. The topological polar surface area (TPSA) is 71.8 Å². The first-order valence-electron chi connectivity index (χ1n) is 9.86. The lowest BCUT2D eigenvalue weighted by molar-refractivity contribution is 0.100. The first-order valence-corrected chi connectivity index (χ1v) is 9.86. The Morgan fingerprint density at radius 3 is 2.62 bits per heavy atom. The van der Waals surface area contributed by atoms with E-state index in [0.29, 0.717) is 17.7 Å². The second-order valence-corrected chi connectivity index (χ2v) is 7.33. The zero-order valence-electron chi connectivity index (χ0n) is 16.4. The minimum atomic E-state index is -0.434. The van der Waals surface area contributed by atoms with Gasteiger partial charge in [-0.25, -0.2) is 0 Å². The van der Waals surface area contributed by atoms with Gasteiger partial charge in [0.1, 0.15) is 0 Å². The van der Waals surface area contributed by atoms with Gasteiger partial charge in [-0.2, -0.15) is 5.26 Å². The number of aromatic nitrogens is 1. The van der Waals surface area contributed by atoms with Gasteiger partial charge in [-0.1, -0.05) is 37.6 Å². The summed E-state index contributed by atoms with van der Waals surface area (Å²) in [6.45, 7) is 2.82. The molecular weight excluding hydrogens is 358 g/mol. The predicted octanol–water partition coefficient (Wildman–Crippen LogP) is 4.96. The van der Waals surface area contributed by atoms with Crippen LogP contribution in [0.15, 0.2) is 54.6 Å². The van der Waals surface area contributed by atoms with E-state index < -0.39 is 5.91 Å². The number of benzene rings is 3. The number of primary amides is 1. The second kappa shape index (κ2) is 7.81. The Kier molecular flexibility index (Phi) is 5.05. The van der Waals surface area contributed by atoms with Crippen LogP contribution >= 0.6 is 0 Å². The third-order valence-corrected chi connectivity index (χ3v) is 5.36. The quantitative estimate of drug-likeness (QED) is 0.514. The van der Waals surface area contributed by atoms with Gasteiger partial charge >= 0.3 is 0 Å². The van der Waals surface area contributed by atoms with Crippen molar-refractivity contribution in [2.75, 3.05) is 0 Å². The van der Waals surface area contributed by atoms with Gasteiger partial charge in [0.25, 0.3) is 0 Å². The molecule has 0 aliphatic carbocycles. The molecule has 0 aliphatic rings. The largest absolute Gasteiger partial charge is 0.366 e. The third-order valence-electron chi connectivity index (χ3n) is 5.36. The SMILES string of the molecule is CCCCc1c[c]c2c3c(C(N)=O)cccc3n(Cc3ccc(C#N)cc3)c2c1. The van der Waals surface area contributed by atoms with E-state index in [4.69, 9.17) is 11.0 Å². The first kappa shape index (κ1) is 18.8. The molecule has 0 saturated heterocycles. The van der Waals surface area contributed by atoms with Crippen LogP contribution in [0, 0.1) is 17.4 Å². The maximum atomic E-state index is 12.1. The van der Waals surface area contributed by atoms with Crippen molar-refractivity contribution >= 4 is 27.7 Å². The summed E-state index contributed by atoms with van der Waals surface area (Å²) in [6.07, 6.45) is 3.27. The Morgan fingerprint density at radius 1 is 1.14 bits per heavy atom. The monoisotopic (exact) mass is 380 g/mol. The highest BCUT2D eigenvalue weighted by Crippen LogP contribution is 2.33. The van der Waals surface area contributed by atoms with Gasteiger partial charge in [0, 0.05) is 22.9 Å². The van der Waals surface area contributed by atoms with Crippen molar-refractivity contribution in [1.82, 2.24) is 4.57 Å². The molecule has 0 saturated carbocycles. The zero-order valence-corrected chi connectivity index (χ0v) is 16.4. The van der Waals surface area contributed by atoms with Crippen molar-refractivity contribution in [2.45, 2.75) is 32.7 Å². The van der Waals surface area contributed by atoms with Crippen LogP contribution in [0.3, 0.4) is 0 Å². The summed E-state index contributed by atoms with van der Waals surface area (Å²) >= 11 is 0. The van der Waals surface area contributed by atoms with E-state index in [-0.39, 0.29) is 0 Å². The van der Waals surface area contributed by atoms with E-state index in [1.54, 1.807) is 6.07 Å². The molecule has 4 heteroatoms. The molecule has 1 amide bonds. The van der Waals surface area contributed by atoms with E-state index >= 15 is 0 Å². The highest BCUT2D eigenvalue weighted by molar-refractivity contribution is 6.17. The number of nitriles is 1. The smallest absolute Gasteiger partial charge is 0.249 e. The second-order valence-electron chi connectivity index (χ2n) is 7.33. The number of carbonyl (C=O) groups is 1. The number of hydrogen-bond acceptors (Lipinski definition) is 2. The highest BCUT2D eigenvalue weighted by atomic mass is 16.1. The molecule has 1 heterocycles. The van der Waals surface area contributed by atoms with Gasteiger partial charge in [0.2, 0.25) is 5.91 Å². The van der Waals surface area contributed by atoms with Crippen LogP contribution in [0.2, 0.25) is 0 Å². The number of hydrogen-bond donors (Lipinski definition) is 1. The number of nitrogens with two attached hydrogens (primary N) is 1. The molecule has 0 atom stereocenters. The Labute approximate surface area is 170 Å². The average Bonchev–Trinajstić information content (AvgIpc) is 3.05. The third kappa shape index (κ3) is 3.48. The number of nitrogens with zero attached hydrogens (tertiary/aromatic N) is 2. The minimum Gasteiger partial charge on any atom is -0.366 e. The molecular formula is C25H22N3O. The van der Waals surface area contributed by atoms with Gasteiger partial charge in [-0.05, 0) is 60.4 Å². The maximum Gasteiger partial charge on any atom is 0.249 e. The fourth-order valence-electron chi connectivity index (χ4n) is 3.87. The summed E-state index contributed by atoms with van der Waals surface area (Å²) in [5.41, 5.74) is 11.2. The predicted molar refractivity (Wildman–Crippen MR) is 116 cm³/mol. The van der Waals surface area contributed by atoms with E-state index in [0.717, 1.165) is 46.6 Å². The number of aryl methyl sites for hydroxylation is 1. The molecule has 4 aromatic rings. The van der Waals surface area contributed by atoms with Gasteiger partial charge < -0.3 is 10.3 Å². The highest BCUT2D eigenvalue weighted by Gasteiger charge is 2.17. The number of carbonyl (C=O) groups excluding carboxylic acids is 1. The molecule has 0 aliphatic heterocycles. The molecule has 0 spiro atoms. The summed E-state index contributed by atoms with van der Waals surface area (Å²) < 4.78 is 2.21. The van der Waals surface area contributed by atoms with Crippen LogP contribution in [0.4, 0.5) is 0 Å². The minimum absolute atomic E-state index is 0.434. The fourth-order valence-corrected chi connectivity index (χ4v) is 3.87. The van der Waals surface area contributed by atoms with Crippen molar-refractivity contribution in [3.8, 4) is 6.07 Å². The van der Waals surface area contributed by atoms with Crippen molar-refractivity contribution in [2.24, 2.45) is 5.73 Å². The van der Waals surface area contributed by atoms with Crippen LogP contribution in [-0.2, 0) is 13.0 Å². The number of unbranched alkanes of at least 4 members (excludes halogenated alkanes) is 1. The summed E-state index contributed by atoms with van der Waals surface area (Å²) in [5.74, 6) is -0.434. The van der Waals surface area contributed by atoms with Gasteiger partial charge in [-0.15, -0.1) is 0 Å².